The largest absolute Gasteiger partial charge is 0.373 e. The van der Waals surface area contributed by atoms with Crippen molar-refractivity contribution in [1.29, 1.82) is 0 Å². The zero-order valence-electron chi connectivity index (χ0n) is 7.53. The summed E-state index contributed by atoms with van der Waals surface area (Å²) in [6.07, 6.45) is 0. The average Bonchev–Trinajstić information content (AvgIpc) is 2.69. The second kappa shape index (κ2) is 4.49. The molecule has 0 aliphatic carbocycles. The van der Waals surface area contributed by atoms with Crippen LogP contribution < -0.4 is 5.32 Å². The standard InChI is InChI=1S/C11H10ClNS/c12-10-5-2-1-4-9(10)8-13-11-6-3-7-14-11/h1-7,13H,8H2. The summed E-state index contributed by atoms with van der Waals surface area (Å²) in [6.45, 7) is 0.778. The minimum absolute atomic E-state index is 0.778. The van der Waals surface area contributed by atoms with Gasteiger partial charge in [-0.25, -0.2) is 0 Å². The highest BCUT2D eigenvalue weighted by molar-refractivity contribution is 7.14. The highest BCUT2D eigenvalue weighted by Crippen LogP contribution is 2.19. The maximum atomic E-state index is 6.03. The van der Waals surface area contributed by atoms with Crippen LogP contribution in [0.4, 0.5) is 5.00 Å². The van der Waals surface area contributed by atoms with E-state index in [1.807, 2.05) is 30.3 Å². The molecule has 0 spiro atoms. The molecule has 1 heterocycles. The molecule has 0 atom stereocenters. The number of rotatable bonds is 3. The lowest BCUT2D eigenvalue weighted by Gasteiger charge is -2.05. The highest BCUT2D eigenvalue weighted by Gasteiger charge is 1.98. The van der Waals surface area contributed by atoms with Gasteiger partial charge in [-0.1, -0.05) is 29.8 Å². The zero-order valence-corrected chi connectivity index (χ0v) is 9.11. The van der Waals surface area contributed by atoms with Crippen molar-refractivity contribution in [2.24, 2.45) is 0 Å². The number of benzene rings is 1. The van der Waals surface area contributed by atoms with Gasteiger partial charge in [0.25, 0.3) is 0 Å². The van der Waals surface area contributed by atoms with Crippen LogP contribution in [0.3, 0.4) is 0 Å². The van der Waals surface area contributed by atoms with Crippen molar-refractivity contribution in [3.63, 3.8) is 0 Å². The van der Waals surface area contributed by atoms with E-state index in [0.29, 0.717) is 0 Å². The fraction of sp³-hybridized carbons (Fsp3) is 0.0909. The fourth-order valence-electron chi connectivity index (χ4n) is 1.20. The van der Waals surface area contributed by atoms with E-state index in [1.54, 1.807) is 11.3 Å². The van der Waals surface area contributed by atoms with Crippen LogP contribution in [0.15, 0.2) is 41.8 Å². The van der Waals surface area contributed by atoms with Crippen LogP contribution in [0, 0.1) is 0 Å². The number of anilines is 1. The molecule has 0 saturated carbocycles. The lowest BCUT2D eigenvalue weighted by molar-refractivity contribution is 1.16. The maximum absolute atomic E-state index is 6.03. The van der Waals surface area contributed by atoms with E-state index in [-0.39, 0.29) is 0 Å². The summed E-state index contributed by atoms with van der Waals surface area (Å²) in [4.78, 5) is 0. The van der Waals surface area contributed by atoms with Crippen molar-refractivity contribution in [2.75, 3.05) is 5.32 Å². The first-order valence-electron chi connectivity index (χ1n) is 4.37. The summed E-state index contributed by atoms with van der Waals surface area (Å²) >= 11 is 7.72. The third kappa shape index (κ3) is 2.28. The van der Waals surface area contributed by atoms with Crippen molar-refractivity contribution in [1.82, 2.24) is 0 Å². The molecule has 3 heteroatoms. The van der Waals surface area contributed by atoms with E-state index in [0.717, 1.165) is 17.1 Å². The molecular weight excluding hydrogens is 214 g/mol. The van der Waals surface area contributed by atoms with E-state index in [1.165, 1.54) is 5.00 Å². The van der Waals surface area contributed by atoms with Gasteiger partial charge in [0.1, 0.15) is 0 Å². The summed E-state index contributed by atoms with van der Waals surface area (Å²) in [7, 11) is 0. The van der Waals surface area contributed by atoms with E-state index in [9.17, 15) is 0 Å². The third-order valence-corrected chi connectivity index (χ3v) is 3.13. The number of thiophene rings is 1. The van der Waals surface area contributed by atoms with Crippen LogP contribution in [-0.4, -0.2) is 0 Å². The monoisotopic (exact) mass is 223 g/mol. The minimum Gasteiger partial charge on any atom is -0.373 e. The number of hydrogen-bond acceptors (Lipinski definition) is 2. The molecule has 0 saturated heterocycles. The van der Waals surface area contributed by atoms with E-state index < -0.39 is 0 Å². The van der Waals surface area contributed by atoms with Gasteiger partial charge >= 0.3 is 0 Å². The van der Waals surface area contributed by atoms with Gasteiger partial charge in [-0.2, -0.15) is 0 Å². The minimum atomic E-state index is 0.778. The molecule has 0 aliphatic rings. The lowest BCUT2D eigenvalue weighted by Crippen LogP contribution is -1.97. The van der Waals surface area contributed by atoms with Crippen molar-refractivity contribution >= 4 is 27.9 Å². The molecule has 0 bridgehead atoms. The Morgan fingerprint density at radius 1 is 1.14 bits per heavy atom. The number of nitrogens with one attached hydrogen (secondary N) is 1. The van der Waals surface area contributed by atoms with Gasteiger partial charge in [0.2, 0.25) is 0 Å². The van der Waals surface area contributed by atoms with Crippen LogP contribution in [-0.2, 0) is 6.54 Å². The van der Waals surface area contributed by atoms with Gasteiger partial charge in [-0.05, 0) is 29.1 Å². The molecule has 0 aliphatic heterocycles. The summed E-state index contributed by atoms with van der Waals surface area (Å²) in [5.74, 6) is 0. The van der Waals surface area contributed by atoms with Gasteiger partial charge in [0.15, 0.2) is 0 Å². The Morgan fingerprint density at radius 3 is 2.71 bits per heavy atom. The Kier molecular flexibility index (Phi) is 3.07. The third-order valence-electron chi connectivity index (χ3n) is 1.93. The van der Waals surface area contributed by atoms with Crippen LogP contribution in [0.2, 0.25) is 5.02 Å². The topological polar surface area (TPSA) is 12.0 Å². The molecule has 0 radical (unpaired) electrons. The predicted octanol–water partition coefficient (Wildman–Crippen LogP) is 4.01. The first kappa shape index (κ1) is 9.56. The Labute approximate surface area is 92.3 Å². The fourth-order valence-corrected chi connectivity index (χ4v) is 2.02. The van der Waals surface area contributed by atoms with Gasteiger partial charge in [0.05, 0.1) is 5.00 Å². The Bertz CT molecular complexity index is 397. The van der Waals surface area contributed by atoms with Crippen molar-refractivity contribution in [3.05, 3.63) is 52.4 Å². The van der Waals surface area contributed by atoms with E-state index >= 15 is 0 Å². The van der Waals surface area contributed by atoms with E-state index in [2.05, 4.69) is 16.8 Å². The maximum Gasteiger partial charge on any atom is 0.0885 e. The second-order valence-electron chi connectivity index (χ2n) is 2.92. The molecule has 0 amide bonds. The van der Waals surface area contributed by atoms with Gasteiger partial charge < -0.3 is 5.32 Å². The second-order valence-corrected chi connectivity index (χ2v) is 4.28. The van der Waals surface area contributed by atoms with Gasteiger partial charge in [-0.15, -0.1) is 11.3 Å². The van der Waals surface area contributed by atoms with Crippen molar-refractivity contribution in [3.8, 4) is 0 Å². The SMILES string of the molecule is Clc1ccccc1CNc1cccs1. The van der Waals surface area contributed by atoms with E-state index in [4.69, 9.17) is 11.6 Å². The van der Waals surface area contributed by atoms with Crippen LogP contribution in [0.25, 0.3) is 0 Å². The first-order valence-corrected chi connectivity index (χ1v) is 5.63. The molecule has 14 heavy (non-hydrogen) atoms. The first-order chi connectivity index (χ1) is 6.86. The number of hydrogen-bond donors (Lipinski definition) is 1. The van der Waals surface area contributed by atoms with Crippen molar-refractivity contribution < 1.29 is 0 Å². The number of halogens is 1. The average molecular weight is 224 g/mol. The van der Waals surface area contributed by atoms with Gasteiger partial charge in [-0.3, -0.25) is 0 Å². The van der Waals surface area contributed by atoms with Crippen LogP contribution >= 0.6 is 22.9 Å². The zero-order chi connectivity index (χ0) is 9.80. The molecule has 0 fully saturated rings. The van der Waals surface area contributed by atoms with Crippen molar-refractivity contribution in [2.45, 2.75) is 6.54 Å². The van der Waals surface area contributed by atoms with Crippen LogP contribution in [0.5, 0.6) is 0 Å². The summed E-state index contributed by atoms with van der Waals surface area (Å²) in [6, 6.07) is 12.0. The predicted molar refractivity (Wildman–Crippen MR) is 63.1 cm³/mol. The van der Waals surface area contributed by atoms with Gasteiger partial charge in [0, 0.05) is 11.6 Å². The van der Waals surface area contributed by atoms with Crippen LogP contribution in [0.1, 0.15) is 5.56 Å². The smallest absolute Gasteiger partial charge is 0.0885 e. The molecular formula is C11H10ClNS. The lowest BCUT2D eigenvalue weighted by atomic mass is 10.2. The molecule has 0 unspecified atom stereocenters. The molecule has 1 N–H and O–H groups in total. The molecule has 1 aromatic carbocycles. The Hall–Kier alpha value is -0.990. The Balaban J connectivity index is 2.02. The molecule has 72 valence electrons. The summed E-state index contributed by atoms with van der Waals surface area (Å²) < 4.78 is 0. The Morgan fingerprint density at radius 2 is 2.00 bits per heavy atom. The summed E-state index contributed by atoms with van der Waals surface area (Å²) in [5.41, 5.74) is 1.13. The molecule has 1 nitrogen and oxygen atoms in total. The molecule has 1 aromatic heterocycles. The highest BCUT2D eigenvalue weighted by atomic mass is 35.5. The summed E-state index contributed by atoms with van der Waals surface area (Å²) in [5, 5.41) is 7.35. The molecule has 2 rings (SSSR count). The normalized spacial score (nSPS) is 10.1. The quantitative estimate of drug-likeness (QED) is 0.829. The molecule has 2 aromatic rings.